The Kier molecular flexibility index (Phi) is 7.45. The summed E-state index contributed by atoms with van der Waals surface area (Å²) < 4.78 is 38.6. The van der Waals surface area contributed by atoms with Gasteiger partial charge in [-0.25, -0.2) is 13.2 Å². The Bertz CT molecular complexity index is 835. The lowest BCUT2D eigenvalue weighted by Gasteiger charge is -2.17. The third-order valence-electron chi connectivity index (χ3n) is 4.21. The molecule has 1 fully saturated rings. The first-order valence-corrected chi connectivity index (χ1v) is 10.7. The molecule has 154 valence electrons. The molecular formula is C19H25NO7S. The number of nitrogens with one attached hydrogen (secondary N) is 1. The van der Waals surface area contributed by atoms with Crippen molar-refractivity contribution in [2.45, 2.75) is 31.9 Å². The van der Waals surface area contributed by atoms with Crippen LogP contribution in [0.1, 0.15) is 18.9 Å². The summed E-state index contributed by atoms with van der Waals surface area (Å²) in [6.07, 6.45) is 1.74. The number of esters is 1. The maximum atomic E-state index is 12.1. The molecular weight excluding hydrogens is 386 g/mol. The van der Waals surface area contributed by atoms with E-state index >= 15 is 0 Å². The summed E-state index contributed by atoms with van der Waals surface area (Å²) in [7, 11) is -1.61. The molecule has 1 saturated heterocycles. The standard InChI is InChI=1S/C19H25NO7S/c1-4-5-14-6-7-16(17(10-14)25-3)26-11-18(21)27-13(2)19(22)20-15-8-9-28(23,24)12-15/h4,6-7,10,13,15H,1,5,8-9,11-12H2,2-3H3,(H,20,22)/t13-,15-/m0/s1. The largest absolute Gasteiger partial charge is 0.493 e. The number of amides is 1. The van der Waals surface area contributed by atoms with Gasteiger partial charge < -0.3 is 19.5 Å². The van der Waals surface area contributed by atoms with Gasteiger partial charge in [-0.05, 0) is 37.5 Å². The van der Waals surface area contributed by atoms with E-state index in [0.717, 1.165) is 5.56 Å². The Labute approximate surface area is 164 Å². The number of sulfone groups is 1. The van der Waals surface area contributed by atoms with Gasteiger partial charge in [0.15, 0.2) is 34.0 Å². The van der Waals surface area contributed by atoms with Gasteiger partial charge in [-0.15, -0.1) is 6.58 Å². The van der Waals surface area contributed by atoms with Gasteiger partial charge >= 0.3 is 5.97 Å². The molecule has 9 heteroatoms. The highest BCUT2D eigenvalue weighted by atomic mass is 32.2. The number of rotatable bonds is 9. The van der Waals surface area contributed by atoms with E-state index in [4.69, 9.17) is 14.2 Å². The number of hydrogen-bond donors (Lipinski definition) is 1. The zero-order chi connectivity index (χ0) is 20.7. The lowest BCUT2D eigenvalue weighted by molar-refractivity contribution is -0.156. The molecule has 1 N–H and O–H groups in total. The molecule has 1 aromatic rings. The van der Waals surface area contributed by atoms with Gasteiger partial charge in [0.2, 0.25) is 0 Å². The molecule has 8 nitrogen and oxygen atoms in total. The number of carbonyl (C=O) groups is 2. The molecule has 2 rings (SSSR count). The van der Waals surface area contributed by atoms with Crippen LogP contribution in [-0.4, -0.2) is 57.7 Å². The highest BCUT2D eigenvalue weighted by Gasteiger charge is 2.30. The molecule has 0 aromatic heterocycles. The van der Waals surface area contributed by atoms with Crippen LogP contribution in [0.3, 0.4) is 0 Å². The molecule has 0 unspecified atom stereocenters. The number of methoxy groups -OCH3 is 1. The number of benzene rings is 1. The van der Waals surface area contributed by atoms with Gasteiger partial charge in [-0.1, -0.05) is 12.1 Å². The van der Waals surface area contributed by atoms with Gasteiger partial charge in [0.1, 0.15) is 0 Å². The van der Waals surface area contributed by atoms with Crippen LogP contribution >= 0.6 is 0 Å². The third-order valence-corrected chi connectivity index (χ3v) is 5.98. The van der Waals surface area contributed by atoms with Crippen molar-refractivity contribution in [2.75, 3.05) is 25.2 Å². The van der Waals surface area contributed by atoms with Gasteiger partial charge in [-0.2, -0.15) is 0 Å². The quantitative estimate of drug-likeness (QED) is 0.478. The number of carbonyl (C=O) groups excluding carboxylic acids is 2. The van der Waals surface area contributed by atoms with Gasteiger partial charge in [0.25, 0.3) is 5.91 Å². The third kappa shape index (κ3) is 6.26. The van der Waals surface area contributed by atoms with Crippen LogP contribution in [0.15, 0.2) is 30.9 Å². The van der Waals surface area contributed by atoms with E-state index in [-0.39, 0.29) is 11.5 Å². The Morgan fingerprint density at radius 1 is 1.36 bits per heavy atom. The zero-order valence-corrected chi connectivity index (χ0v) is 16.8. The highest BCUT2D eigenvalue weighted by Crippen LogP contribution is 2.28. The van der Waals surface area contributed by atoms with Crippen molar-refractivity contribution in [3.05, 3.63) is 36.4 Å². The zero-order valence-electron chi connectivity index (χ0n) is 16.0. The summed E-state index contributed by atoms with van der Waals surface area (Å²) in [5.41, 5.74) is 0.987. The van der Waals surface area contributed by atoms with Crippen molar-refractivity contribution < 1.29 is 32.2 Å². The average molecular weight is 411 g/mol. The molecule has 28 heavy (non-hydrogen) atoms. The van der Waals surface area contributed by atoms with Crippen molar-refractivity contribution in [1.29, 1.82) is 0 Å². The van der Waals surface area contributed by atoms with Gasteiger partial charge in [0, 0.05) is 6.04 Å². The first-order chi connectivity index (χ1) is 13.2. The number of ether oxygens (including phenoxy) is 3. The van der Waals surface area contributed by atoms with Gasteiger partial charge in [-0.3, -0.25) is 4.79 Å². The summed E-state index contributed by atoms with van der Waals surface area (Å²) in [6, 6.07) is 4.85. The SMILES string of the molecule is C=CCc1ccc(OCC(=O)O[C@@H](C)C(=O)N[C@H]2CCS(=O)(=O)C2)c(OC)c1. The van der Waals surface area contributed by atoms with Crippen LogP contribution in [0.2, 0.25) is 0 Å². The second-order valence-corrected chi connectivity index (χ2v) is 8.74. The molecule has 2 atom stereocenters. The molecule has 1 aliphatic heterocycles. The average Bonchev–Trinajstić information content (AvgIpc) is 2.98. The Morgan fingerprint density at radius 2 is 2.11 bits per heavy atom. The second kappa shape index (κ2) is 9.59. The highest BCUT2D eigenvalue weighted by molar-refractivity contribution is 7.91. The minimum absolute atomic E-state index is 0.0490. The summed E-state index contributed by atoms with van der Waals surface area (Å²) >= 11 is 0. The van der Waals surface area contributed by atoms with Crippen molar-refractivity contribution in [2.24, 2.45) is 0 Å². The summed E-state index contributed by atoms with van der Waals surface area (Å²) in [6.45, 7) is 4.70. The Hall–Kier alpha value is -2.55. The minimum Gasteiger partial charge on any atom is -0.493 e. The van der Waals surface area contributed by atoms with E-state index in [0.29, 0.717) is 24.3 Å². The molecule has 1 heterocycles. The molecule has 0 bridgehead atoms. The molecule has 1 amide bonds. The van der Waals surface area contributed by atoms with E-state index in [2.05, 4.69) is 11.9 Å². The first-order valence-electron chi connectivity index (χ1n) is 8.85. The molecule has 1 aliphatic rings. The molecule has 0 spiro atoms. The second-order valence-electron chi connectivity index (χ2n) is 6.51. The normalized spacial score (nSPS) is 18.7. The summed E-state index contributed by atoms with van der Waals surface area (Å²) in [5, 5.41) is 2.59. The topological polar surface area (TPSA) is 108 Å². The minimum atomic E-state index is -3.10. The van der Waals surface area contributed by atoms with Crippen LogP contribution in [-0.2, 0) is 30.6 Å². The van der Waals surface area contributed by atoms with Crippen LogP contribution in [0.5, 0.6) is 11.5 Å². The van der Waals surface area contributed by atoms with Crippen molar-refractivity contribution in [1.82, 2.24) is 5.32 Å². The number of hydrogen-bond acceptors (Lipinski definition) is 7. The van der Waals surface area contributed by atoms with E-state index in [1.54, 1.807) is 18.2 Å². The molecule has 0 aliphatic carbocycles. The van der Waals surface area contributed by atoms with Crippen molar-refractivity contribution in [3.63, 3.8) is 0 Å². The molecule has 1 aromatic carbocycles. The maximum absolute atomic E-state index is 12.1. The summed E-state index contributed by atoms with van der Waals surface area (Å²) in [5.74, 6) is -0.459. The molecule has 0 saturated carbocycles. The van der Waals surface area contributed by atoms with Gasteiger partial charge in [0.05, 0.1) is 18.6 Å². The monoisotopic (exact) mass is 411 g/mol. The van der Waals surface area contributed by atoms with E-state index in [1.807, 2.05) is 6.07 Å². The van der Waals surface area contributed by atoms with Crippen molar-refractivity contribution in [3.8, 4) is 11.5 Å². The fraction of sp³-hybridized carbons (Fsp3) is 0.474. The van der Waals surface area contributed by atoms with E-state index < -0.39 is 40.5 Å². The van der Waals surface area contributed by atoms with Crippen LogP contribution in [0, 0.1) is 0 Å². The first kappa shape index (κ1) is 21.7. The number of allylic oxidation sites excluding steroid dienone is 1. The smallest absolute Gasteiger partial charge is 0.344 e. The summed E-state index contributed by atoms with van der Waals surface area (Å²) in [4.78, 5) is 24.0. The fourth-order valence-corrected chi connectivity index (χ4v) is 4.45. The van der Waals surface area contributed by atoms with E-state index in [9.17, 15) is 18.0 Å². The Balaban J connectivity index is 1.83. The van der Waals surface area contributed by atoms with Crippen LogP contribution in [0.25, 0.3) is 0 Å². The van der Waals surface area contributed by atoms with E-state index in [1.165, 1.54) is 14.0 Å². The van der Waals surface area contributed by atoms with Crippen LogP contribution in [0.4, 0.5) is 0 Å². The van der Waals surface area contributed by atoms with Crippen LogP contribution < -0.4 is 14.8 Å². The maximum Gasteiger partial charge on any atom is 0.344 e. The lowest BCUT2D eigenvalue weighted by Crippen LogP contribution is -2.43. The Morgan fingerprint density at radius 3 is 2.71 bits per heavy atom. The fourth-order valence-electron chi connectivity index (χ4n) is 2.77. The predicted molar refractivity (Wildman–Crippen MR) is 103 cm³/mol. The molecule has 0 radical (unpaired) electrons. The van der Waals surface area contributed by atoms with Crippen molar-refractivity contribution >= 4 is 21.7 Å². The predicted octanol–water partition coefficient (Wildman–Crippen LogP) is 1.04. The lowest BCUT2D eigenvalue weighted by atomic mass is 10.1.